The molecule has 0 aromatic carbocycles. The summed E-state index contributed by atoms with van der Waals surface area (Å²) in [4.78, 5) is 17.4. The Morgan fingerprint density at radius 2 is 2.35 bits per heavy atom. The quantitative estimate of drug-likeness (QED) is 0.591. The number of allylic oxidation sites excluding steroid dienone is 1. The summed E-state index contributed by atoms with van der Waals surface area (Å²) in [5, 5.41) is 0. The van der Waals surface area contributed by atoms with Crippen LogP contribution in [-0.4, -0.2) is 23.7 Å². The van der Waals surface area contributed by atoms with E-state index in [1.54, 1.807) is 17.3 Å². The summed E-state index contributed by atoms with van der Waals surface area (Å²) in [6.45, 7) is 6.35. The molecule has 0 bridgehead atoms. The number of hydrogen-bond acceptors (Lipinski definition) is 2. The third kappa shape index (κ3) is 5.47. The zero-order valence-corrected chi connectivity index (χ0v) is 10.7. The van der Waals surface area contributed by atoms with Crippen molar-refractivity contribution in [2.75, 3.05) is 6.54 Å². The van der Waals surface area contributed by atoms with Crippen LogP contribution < -0.4 is 17.3 Å². The lowest BCUT2D eigenvalue weighted by Gasteiger charge is -2.05. The first-order valence-corrected chi connectivity index (χ1v) is 5.39. The van der Waals surface area contributed by atoms with Crippen LogP contribution in [0.25, 0.3) is 0 Å². The minimum Gasteiger partial charge on any atom is -1.00 e. The molecule has 2 aliphatic rings. The van der Waals surface area contributed by atoms with Gasteiger partial charge in [-0.2, -0.15) is 0 Å². The van der Waals surface area contributed by atoms with E-state index in [4.69, 9.17) is 0 Å². The number of nitrogens with zero attached hydrogens (tertiary/aromatic N) is 2. The molecule has 0 aliphatic carbocycles. The van der Waals surface area contributed by atoms with E-state index in [1.165, 1.54) is 4.90 Å². The lowest BCUT2D eigenvalue weighted by atomic mass is 10.4. The molecule has 1 atom stereocenters. The molecule has 2 rings (SSSR count). The molecule has 5 heteroatoms. The Balaban J connectivity index is 0.000000284. The van der Waals surface area contributed by atoms with Gasteiger partial charge in [0, 0.05) is 13.0 Å². The number of hydrogen-bond donors (Lipinski definition) is 1. The standard InChI is InChI=1S/C6H8N2.C6H9NO.ClH/c1-2-4-8-5-3-7-6-8;1-2-7-5-3-4-6(7)8;/h2-6H,1H3;2H,1,3-5H2;1H. The fourth-order valence-corrected chi connectivity index (χ4v) is 1.45. The Bertz CT molecular complexity index is 325. The molecule has 2 heterocycles. The van der Waals surface area contributed by atoms with Crippen LogP contribution >= 0.6 is 0 Å². The van der Waals surface area contributed by atoms with Gasteiger partial charge in [0.2, 0.25) is 5.91 Å². The number of likely N-dealkylation sites (tertiary alicyclic amines) is 1. The fraction of sp³-hybridized carbons (Fsp3) is 0.333. The third-order valence-corrected chi connectivity index (χ3v) is 2.27. The molecule has 0 spiro atoms. The first-order valence-electron chi connectivity index (χ1n) is 5.39. The number of rotatable bonds is 2. The molecule has 1 N–H and O–H groups in total. The highest BCUT2D eigenvalue weighted by molar-refractivity contribution is 5.78. The van der Waals surface area contributed by atoms with E-state index in [0.717, 1.165) is 13.0 Å². The molecule has 1 amide bonds. The number of quaternary nitrogens is 1. The van der Waals surface area contributed by atoms with E-state index in [-0.39, 0.29) is 18.3 Å². The van der Waals surface area contributed by atoms with Crippen LogP contribution in [0.3, 0.4) is 0 Å². The third-order valence-electron chi connectivity index (χ3n) is 2.27. The van der Waals surface area contributed by atoms with E-state index < -0.39 is 0 Å². The SMILES string of the molecule is C=CN1CCCC1=O.CC=C[NH+]1C=CN=C1.[Cl-]. The average Bonchev–Trinajstić information content (AvgIpc) is 2.91. The summed E-state index contributed by atoms with van der Waals surface area (Å²) in [6, 6.07) is 0. The maximum Gasteiger partial charge on any atom is 0.226 e. The predicted octanol–water partition coefficient (Wildman–Crippen LogP) is -2.33. The molecule has 0 aromatic rings. The molecule has 0 saturated carbocycles. The normalized spacial score (nSPS) is 21.4. The van der Waals surface area contributed by atoms with E-state index in [2.05, 4.69) is 11.6 Å². The number of amides is 1. The number of carbonyl (C=O) groups excluding carboxylic acids is 1. The summed E-state index contributed by atoms with van der Waals surface area (Å²) in [5.41, 5.74) is 0. The first kappa shape index (κ1) is 15.6. The van der Waals surface area contributed by atoms with Crippen molar-refractivity contribution in [1.29, 1.82) is 0 Å². The van der Waals surface area contributed by atoms with E-state index >= 15 is 0 Å². The van der Waals surface area contributed by atoms with Gasteiger partial charge < -0.3 is 17.3 Å². The summed E-state index contributed by atoms with van der Waals surface area (Å²) in [7, 11) is 0. The van der Waals surface area contributed by atoms with Crippen LogP contribution in [0.5, 0.6) is 0 Å². The molecular formula is C12H18ClN3O. The van der Waals surface area contributed by atoms with Crippen LogP contribution in [0.4, 0.5) is 0 Å². The Labute approximate surface area is 108 Å². The number of aliphatic imine (C=N–C) groups is 1. The number of carbonyl (C=O) groups is 1. The summed E-state index contributed by atoms with van der Waals surface area (Å²) in [6.07, 6.45) is 12.9. The zero-order chi connectivity index (χ0) is 11.8. The molecule has 4 nitrogen and oxygen atoms in total. The maximum absolute atomic E-state index is 10.7. The van der Waals surface area contributed by atoms with E-state index in [0.29, 0.717) is 6.42 Å². The Morgan fingerprint density at radius 1 is 1.59 bits per heavy atom. The van der Waals surface area contributed by atoms with Crippen molar-refractivity contribution < 1.29 is 22.1 Å². The first-order chi connectivity index (χ1) is 7.77. The van der Waals surface area contributed by atoms with Gasteiger partial charge in [0.1, 0.15) is 12.4 Å². The van der Waals surface area contributed by atoms with Gasteiger partial charge in [0.25, 0.3) is 0 Å². The van der Waals surface area contributed by atoms with Gasteiger partial charge in [0.05, 0.1) is 6.20 Å². The molecule has 2 aliphatic heterocycles. The molecule has 0 radical (unpaired) electrons. The van der Waals surface area contributed by atoms with Crippen molar-refractivity contribution in [2.24, 2.45) is 4.99 Å². The fourth-order valence-electron chi connectivity index (χ4n) is 1.45. The minimum atomic E-state index is 0. The molecule has 1 fully saturated rings. The monoisotopic (exact) mass is 255 g/mol. The average molecular weight is 256 g/mol. The number of halogens is 1. The van der Waals surface area contributed by atoms with Crippen LogP contribution in [0.1, 0.15) is 19.8 Å². The maximum atomic E-state index is 10.7. The van der Waals surface area contributed by atoms with Crippen LogP contribution in [0.15, 0.2) is 42.4 Å². The Morgan fingerprint density at radius 3 is 2.71 bits per heavy atom. The van der Waals surface area contributed by atoms with Gasteiger partial charge in [0.15, 0.2) is 6.34 Å². The summed E-state index contributed by atoms with van der Waals surface area (Å²) < 4.78 is 0. The van der Waals surface area contributed by atoms with Crippen molar-refractivity contribution in [3.05, 3.63) is 37.5 Å². The van der Waals surface area contributed by atoms with Crippen molar-refractivity contribution in [2.45, 2.75) is 19.8 Å². The van der Waals surface area contributed by atoms with Gasteiger partial charge in [-0.25, -0.2) is 9.89 Å². The van der Waals surface area contributed by atoms with Crippen molar-refractivity contribution >= 4 is 12.2 Å². The van der Waals surface area contributed by atoms with Crippen LogP contribution in [-0.2, 0) is 4.79 Å². The van der Waals surface area contributed by atoms with Gasteiger partial charge in [-0.3, -0.25) is 4.79 Å². The molecule has 17 heavy (non-hydrogen) atoms. The highest BCUT2D eigenvalue weighted by atomic mass is 35.5. The van der Waals surface area contributed by atoms with E-state index in [9.17, 15) is 4.79 Å². The van der Waals surface area contributed by atoms with Gasteiger partial charge in [-0.05, 0) is 25.6 Å². The highest BCUT2D eigenvalue weighted by Gasteiger charge is 2.15. The van der Waals surface area contributed by atoms with Gasteiger partial charge >= 0.3 is 0 Å². The molecule has 94 valence electrons. The van der Waals surface area contributed by atoms with Crippen molar-refractivity contribution in [3.63, 3.8) is 0 Å². The van der Waals surface area contributed by atoms with Crippen LogP contribution in [0, 0.1) is 0 Å². The van der Waals surface area contributed by atoms with E-state index in [1.807, 2.05) is 31.7 Å². The second-order valence-corrected chi connectivity index (χ2v) is 3.47. The topological polar surface area (TPSA) is 37.1 Å². The lowest BCUT2D eigenvalue weighted by molar-refractivity contribution is -0.671. The largest absolute Gasteiger partial charge is 1.00 e. The molecular weight excluding hydrogens is 238 g/mol. The molecule has 1 unspecified atom stereocenters. The van der Waals surface area contributed by atoms with Crippen molar-refractivity contribution in [1.82, 2.24) is 4.90 Å². The second-order valence-electron chi connectivity index (χ2n) is 3.47. The van der Waals surface area contributed by atoms with Crippen molar-refractivity contribution in [3.8, 4) is 0 Å². The van der Waals surface area contributed by atoms with Gasteiger partial charge in [-0.15, -0.1) is 0 Å². The minimum absolute atomic E-state index is 0. The van der Waals surface area contributed by atoms with Gasteiger partial charge in [-0.1, -0.05) is 6.58 Å². The molecule has 1 saturated heterocycles. The van der Waals surface area contributed by atoms with Crippen LogP contribution in [0.2, 0.25) is 0 Å². The summed E-state index contributed by atoms with van der Waals surface area (Å²) >= 11 is 0. The lowest BCUT2D eigenvalue weighted by Crippen LogP contribution is -3.00. The number of nitrogens with one attached hydrogen (secondary N) is 1. The Kier molecular flexibility index (Phi) is 8.01. The highest BCUT2D eigenvalue weighted by Crippen LogP contribution is 2.08. The Hall–Kier alpha value is -1.39. The summed E-state index contributed by atoms with van der Waals surface area (Å²) in [5.74, 6) is 0.208. The molecule has 0 aromatic heterocycles. The second kappa shape index (κ2) is 8.73. The predicted molar refractivity (Wildman–Crippen MR) is 64.6 cm³/mol. The smallest absolute Gasteiger partial charge is 0.226 e. The zero-order valence-electron chi connectivity index (χ0n) is 9.97.